The van der Waals surface area contributed by atoms with Gasteiger partial charge in [0, 0.05) is 18.2 Å². The van der Waals surface area contributed by atoms with E-state index >= 15 is 0 Å². The predicted octanol–water partition coefficient (Wildman–Crippen LogP) is 3.61. The summed E-state index contributed by atoms with van der Waals surface area (Å²) < 4.78 is 13.3. The molecule has 1 aromatic carbocycles. The fraction of sp³-hybridized carbons (Fsp3) is 0.562. The van der Waals surface area contributed by atoms with Gasteiger partial charge in [0.2, 0.25) is 0 Å². The van der Waals surface area contributed by atoms with Crippen LogP contribution in [0.3, 0.4) is 0 Å². The Morgan fingerprint density at radius 1 is 1.30 bits per heavy atom. The molecule has 0 bridgehead atoms. The van der Waals surface area contributed by atoms with E-state index in [2.05, 4.69) is 11.9 Å². The molecule has 1 saturated carbocycles. The molecule has 1 fully saturated rings. The van der Waals surface area contributed by atoms with Crippen molar-refractivity contribution in [3.05, 3.63) is 35.1 Å². The molecule has 1 aliphatic rings. The summed E-state index contributed by atoms with van der Waals surface area (Å²) in [4.78, 5) is 2.63. The van der Waals surface area contributed by atoms with Gasteiger partial charge >= 0.3 is 0 Å². The van der Waals surface area contributed by atoms with Crippen LogP contribution in [0.5, 0.6) is 0 Å². The summed E-state index contributed by atoms with van der Waals surface area (Å²) in [5.41, 5.74) is 7.40. The third-order valence-electron chi connectivity index (χ3n) is 4.21. The predicted molar refractivity (Wildman–Crippen MR) is 85.2 cm³/mol. The maximum Gasteiger partial charge on any atom is 0.123 e. The lowest BCUT2D eigenvalue weighted by molar-refractivity contribution is 0.213. The zero-order valence-corrected chi connectivity index (χ0v) is 12.9. The second-order valence-corrected chi connectivity index (χ2v) is 6.17. The molecule has 1 aromatic rings. The average Bonchev–Trinajstić information content (AvgIpc) is 2.69. The number of halogens is 1. The van der Waals surface area contributed by atoms with Crippen LogP contribution >= 0.6 is 12.2 Å². The minimum absolute atomic E-state index is 0.272. The first-order valence-corrected chi connectivity index (χ1v) is 7.77. The topological polar surface area (TPSA) is 29.3 Å². The quantitative estimate of drug-likeness (QED) is 0.679. The smallest absolute Gasteiger partial charge is 0.123 e. The Hall–Kier alpha value is -1.00. The van der Waals surface area contributed by atoms with Crippen molar-refractivity contribution in [1.29, 1.82) is 0 Å². The Bertz CT molecular complexity index is 468. The first-order chi connectivity index (χ1) is 9.58. The number of nitrogens with two attached hydrogens (primary N) is 1. The third-order valence-corrected chi connectivity index (χ3v) is 4.43. The Balaban J connectivity index is 2.10. The van der Waals surface area contributed by atoms with Crippen LogP contribution in [0, 0.1) is 5.82 Å². The van der Waals surface area contributed by atoms with Crippen LogP contribution in [0.2, 0.25) is 0 Å². The SMILES string of the molecule is CN(Cc1ccc(F)cc1C(N)=S)C1CCCCCC1. The van der Waals surface area contributed by atoms with Gasteiger partial charge in [0.1, 0.15) is 10.8 Å². The fourth-order valence-corrected chi connectivity index (χ4v) is 3.20. The van der Waals surface area contributed by atoms with Gasteiger partial charge in [-0.25, -0.2) is 4.39 Å². The molecule has 2 nitrogen and oxygen atoms in total. The van der Waals surface area contributed by atoms with Gasteiger partial charge in [-0.2, -0.15) is 0 Å². The van der Waals surface area contributed by atoms with Gasteiger partial charge < -0.3 is 5.73 Å². The van der Waals surface area contributed by atoms with Gasteiger partial charge in [-0.15, -0.1) is 0 Å². The molecule has 0 amide bonds. The van der Waals surface area contributed by atoms with Crippen molar-refractivity contribution in [3.63, 3.8) is 0 Å². The van der Waals surface area contributed by atoms with Crippen LogP contribution in [0.1, 0.15) is 49.7 Å². The molecule has 2 N–H and O–H groups in total. The average molecular weight is 294 g/mol. The highest BCUT2D eigenvalue weighted by Gasteiger charge is 2.18. The Morgan fingerprint density at radius 3 is 2.55 bits per heavy atom. The molecule has 0 spiro atoms. The number of hydrogen-bond acceptors (Lipinski definition) is 2. The van der Waals surface area contributed by atoms with Crippen LogP contribution in [0.4, 0.5) is 4.39 Å². The van der Waals surface area contributed by atoms with E-state index in [4.69, 9.17) is 18.0 Å². The summed E-state index contributed by atoms with van der Waals surface area (Å²) >= 11 is 5.03. The maximum atomic E-state index is 13.3. The maximum absolute atomic E-state index is 13.3. The normalized spacial score (nSPS) is 17.1. The van der Waals surface area contributed by atoms with Gasteiger partial charge in [0.25, 0.3) is 0 Å². The molecule has 1 aliphatic carbocycles. The Morgan fingerprint density at radius 2 is 1.95 bits per heavy atom. The summed E-state index contributed by atoms with van der Waals surface area (Å²) in [6, 6.07) is 5.34. The number of benzene rings is 1. The highest BCUT2D eigenvalue weighted by atomic mass is 32.1. The lowest BCUT2D eigenvalue weighted by Gasteiger charge is -2.27. The van der Waals surface area contributed by atoms with E-state index in [-0.39, 0.29) is 10.8 Å². The van der Waals surface area contributed by atoms with Gasteiger partial charge in [-0.05, 0) is 37.6 Å². The van der Waals surface area contributed by atoms with Crippen molar-refractivity contribution in [1.82, 2.24) is 4.90 Å². The number of rotatable bonds is 4. The van der Waals surface area contributed by atoms with Crippen LogP contribution in [-0.2, 0) is 6.54 Å². The summed E-state index contributed by atoms with van der Waals surface area (Å²) in [6.45, 7) is 0.775. The molecule has 20 heavy (non-hydrogen) atoms. The number of thiocarbonyl (C=S) groups is 1. The molecular weight excluding hydrogens is 271 g/mol. The number of nitrogens with zero attached hydrogens (tertiary/aromatic N) is 1. The van der Waals surface area contributed by atoms with Gasteiger partial charge in [-0.1, -0.05) is 44.0 Å². The summed E-state index contributed by atoms with van der Waals surface area (Å²) in [7, 11) is 2.14. The monoisotopic (exact) mass is 294 g/mol. The standard InChI is InChI=1S/C16H23FN2S/c1-19(14-6-4-2-3-5-7-14)11-12-8-9-13(17)10-15(12)16(18)20/h8-10,14H,2-7,11H2,1H3,(H2,18,20). The third kappa shape index (κ3) is 4.00. The second kappa shape index (κ2) is 7.14. The molecule has 0 heterocycles. The lowest BCUT2D eigenvalue weighted by atomic mass is 10.0. The van der Waals surface area contributed by atoms with Crippen molar-refractivity contribution in [2.75, 3.05) is 7.05 Å². The van der Waals surface area contributed by atoms with Crippen LogP contribution < -0.4 is 5.73 Å². The molecule has 0 aliphatic heterocycles. The molecule has 110 valence electrons. The van der Waals surface area contributed by atoms with Crippen molar-refractivity contribution >= 4 is 17.2 Å². The van der Waals surface area contributed by atoms with E-state index in [1.54, 1.807) is 6.07 Å². The zero-order valence-electron chi connectivity index (χ0n) is 12.1. The van der Waals surface area contributed by atoms with Crippen LogP contribution in [-0.4, -0.2) is 23.0 Å². The molecule has 0 saturated heterocycles. The molecule has 0 unspecified atom stereocenters. The largest absolute Gasteiger partial charge is 0.389 e. The van der Waals surface area contributed by atoms with Crippen molar-refractivity contribution < 1.29 is 4.39 Å². The van der Waals surface area contributed by atoms with Crippen molar-refractivity contribution in [2.24, 2.45) is 5.73 Å². The van der Waals surface area contributed by atoms with Crippen molar-refractivity contribution in [3.8, 4) is 0 Å². The van der Waals surface area contributed by atoms with E-state index < -0.39 is 0 Å². The highest BCUT2D eigenvalue weighted by Crippen LogP contribution is 2.23. The molecule has 0 aromatic heterocycles. The minimum Gasteiger partial charge on any atom is -0.389 e. The van der Waals surface area contributed by atoms with Gasteiger partial charge in [-0.3, -0.25) is 4.90 Å². The Kier molecular flexibility index (Phi) is 5.49. The van der Waals surface area contributed by atoms with Crippen LogP contribution in [0.15, 0.2) is 18.2 Å². The molecular formula is C16H23FN2S. The van der Waals surface area contributed by atoms with Crippen LogP contribution in [0.25, 0.3) is 0 Å². The van der Waals surface area contributed by atoms with E-state index in [1.165, 1.54) is 50.7 Å². The van der Waals surface area contributed by atoms with E-state index in [0.29, 0.717) is 11.6 Å². The molecule has 4 heteroatoms. The molecule has 0 atom stereocenters. The molecule has 2 rings (SSSR count). The summed E-state index contributed by atoms with van der Waals surface area (Å²) in [5.74, 6) is -0.284. The van der Waals surface area contributed by atoms with Gasteiger partial charge in [0.05, 0.1) is 0 Å². The van der Waals surface area contributed by atoms with E-state index in [0.717, 1.165) is 12.1 Å². The number of hydrogen-bond donors (Lipinski definition) is 1. The molecule has 0 radical (unpaired) electrons. The van der Waals surface area contributed by atoms with Gasteiger partial charge in [0.15, 0.2) is 0 Å². The highest BCUT2D eigenvalue weighted by molar-refractivity contribution is 7.80. The van der Waals surface area contributed by atoms with Crippen molar-refractivity contribution in [2.45, 2.75) is 51.1 Å². The first kappa shape index (κ1) is 15.4. The first-order valence-electron chi connectivity index (χ1n) is 7.36. The summed E-state index contributed by atoms with van der Waals surface area (Å²) in [5, 5.41) is 0. The lowest BCUT2D eigenvalue weighted by Crippen LogP contribution is -2.31. The summed E-state index contributed by atoms with van der Waals surface area (Å²) in [6.07, 6.45) is 7.80. The Labute approximate surface area is 126 Å². The van der Waals surface area contributed by atoms with E-state index in [9.17, 15) is 4.39 Å². The minimum atomic E-state index is -0.284. The van der Waals surface area contributed by atoms with E-state index in [1.807, 2.05) is 0 Å². The fourth-order valence-electron chi connectivity index (χ4n) is 3.01. The second-order valence-electron chi connectivity index (χ2n) is 5.73. The zero-order chi connectivity index (χ0) is 14.5.